The molecule has 0 fully saturated rings. The lowest BCUT2D eigenvalue weighted by molar-refractivity contribution is 0.397. The third kappa shape index (κ3) is 5.07. The predicted molar refractivity (Wildman–Crippen MR) is 86.8 cm³/mol. The van der Waals surface area contributed by atoms with E-state index in [4.69, 9.17) is 4.74 Å². The van der Waals surface area contributed by atoms with Gasteiger partial charge in [0.1, 0.15) is 0 Å². The molecule has 0 bridgehead atoms. The molecule has 0 spiro atoms. The summed E-state index contributed by atoms with van der Waals surface area (Å²) in [4.78, 5) is 10.0. The zero-order chi connectivity index (χ0) is 14.9. The first-order valence-electron chi connectivity index (χ1n) is 6.85. The molecule has 5 nitrogen and oxygen atoms in total. The Morgan fingerprint density at radius 2 is 2.24 bits per heavy atom. The van der Waals surface area contributed by atoms with Gasteiger partial charge >= 0.3 is 0 Å². The zero-order valence-electron chi connectivity index (χ0n) is 12.3. The third-order valence-electron chi connectivity index (χ3n) is 2.78. The molecule has 2 heterocycles. The van der Waals surface area contributed by atoms with Crippen LogP contribution >= 0.6 is 11.3 Å². The number of hydrogen-bond donors (Lipinski definition) is 2. The van der Waals surface area contributed by atoms with E-state index in [-0.39, 0.29) is 0 Å². The maximum atomic E-state index is 5.04. The summed E-state index contributed by atoms with van der Waals surface area (Å²) >= 11 is 1.73. The van der Waals surface area contributed by atoms with E-state index in [9.17, 15) is 0 Å². The van der Waals surface area contributed by atoms with Gasteiger partial charge in [-0.2, -0.15) is 0 Å². The lowest BCUT2D eigenvalue weighted by atomic mass is 10.3. The molecule has 0 saturated heterocycles. The van der Waals surface area contributed by atoms with Crippen molar-refractivity contribution in [1.82, 2.24) is 15.6 Å². The highest BCUT2D eigenvalue weighted by Crippen LogP contribution is 2.08. The van der Waals surface area contributed by atoms with E-state index in [1.165, 1.54) is 4.88 Å². The van der Waals surface area contributed by atoms with Crippen LogP contribution in [0, 0.1) is 0 Å². The zero-order valence-corrected chi connectivity index (χ0v) is 13.1. The van der Waals surface area contributed by atoms with Crippen LogP contribution in [0.2, 0.25) is 0 Å². The van der Waals surface area contributed by atoms with E-state index in [1.54, 1.807) is 24.6 Å². The molecule has 0 aromatic carbocycles. The molecule has 0 aliphatic rings. The highest BCUT2D eigenvalue weighted by Gasteiger charge is 2.00. The molecule has 0 atom stereocenters. The Morgan fingerprint density at radius 1 is 1.33 bits per heavy atom. The molecule has 0 unspecified atom stereocenters. The van der Waals surface area contributed by atoms with Crippen LogP contribution < -0.4 is 15.4 Å². The van der Waals surface area contributed by atoms with Crippen molar-refractivity contribution in [1.29, 1.82) is 0 Å². The standard InChI is InChI=1S/C15H20N4OS/c1-3-16-15(19-11-13-5-4-8-21-13)18-10-12-6-7-14(20-2)17-9-12/h4-9H,3,10-11H2,1-2H3,(H2,16,18,19). The Balaban J connectivity index is 1.92. The molecule has 21 heavy (non-hydrogen) atoms. The van der Waals surface area contributed by atoms with Crippen LogP contribution in [0.5, 0.6) is 5.88 Å². The van der Waals surface area contributed by atoms with Crippen LogP contribution in [-0.2, 0) is 13.1 Å². The van der Waals surface area contributed by atoms with E-state index in [1.807, 2.05) is 12.1 Å². The number of rotatable bonds is 6. The fourth-order valence-electron chi connectivity index (χ4n) is 1.72. The maximum Gasteiger partial charge on any atom is 0.212 e. The van der Waals surface area contributed by atoms with Gasteiger partial charge in [0.2, 0.25) is 5.88 Å². The van der Waals surface area contributed by atoms with Crippen LogP contribution in [-0.4, -0.2) is 24.6 Å². The number of aliphatic imine (C=N–C) groups is 1. The summed E-state index contributed by atoms with van der Waals surface area (Å²) in [6, 6.07) is 7.97. The fourth-order valence-corrected chi connectivity index (χ4v) is 2.37. The molecule has 112 valence electrons. The Hall–Kier alpha value is -2.08. The minimum absolute atomic E-state index is 0.580. The average Bonchev–Trinajstić information content (AvgIpc) is 3.04. The lowest BCUT2D eigenvalue weighted by Crippen LogP contribution is -2.36. The van der Waals surface area contributed by atoms with Crippen molar-refractivity contribution in [3.8, 4) is 5.88 Å². The van der Waals surface area contributed by atoms with Crippen molar-refractivity contribution >= 4 is 17.3 Å². The van der Waals surface area contributed by atoms with E-state index in [0.717, 1.165) is 24.6 Å². The van der Waals surface area contributed by atoms with Gasteiger partial charge in [-0.25, -0.2) is 9.98 Å². The maximum absolute atomic E-state index is 5.04. The first-order chi connectivity index (χ1) is 10.3. The summed E-state index contributed by atoms with van der Waals surface area (Å²) in [5.41, 5.74) is 1.05. The number of pyridine rings is 1. The van der Waals surface area contributed by atoms with E-state index in [0.29, 0.717) is 12.4 Å². The number of thiophene rings is 1. The van der Waals surface area contributed by atoms with Crippen LogP contribution in [0.4, 0.5) is 0 Å². The largest absolute Gasteiger partial charge is 0.481 e. The van der Waals surface area contributed by atoms with Gasteiger partial charge in [-0.3, -0.25) is 0 Å². The van der Waals surface area contributed by atoms with Crippen LogP contribution in [0.15, 0.2) is 40.8 Å². The molecule has 2 aromatic heterocycles. The molecule has 2 aromatic rings. The van der Waals surface area contributed by atoms with Gasteiger partial charge in [0, 0.05) is 23.7 Å². The number of ether oxygens (including phenoxy) is 1. The minimum atomic E-state index is 0.580. The summed E-state index contributed by atoms with van der Waals surface area (Å²) < 4.78 is 5.04. The third-order valence-corrected chi connectivity index (χ3v) is 3.66. The Morgan fingerprint density at radius 3 is 2.86 bits per heavy atom. The van der Waals surface area contributed by atoms with Crippen molar-refractivity contribution in [2.45, 2.75) is 20.0 Å². The van der Waals surface area contributed by atoms with E-state index in [2.05, 4.69) is 45.0 Å². The molecular weight excluding hydrogens is 284 g/mol. The van der Waals surface area contributed by atoms with Crippen molar-refractivity contribution in [2.24, 2.45) is 4.99 Å². The summed E-state index contributed by atoms with van der Waals surface area (Å²) in [6.45, 7) is 4.25. The van der Waals surface area contributed by atoms with Crippen molar-refractivity contribution in [3.05, 3.63) is 46.3 Å². The normalized spacial score (nSPS) is 11.2. The Labute approximate surface area is 129 Å². The highest BCUT2D eigenvalue weighted by molar-refractivity contribution is 7.09. The molecule has 0 amide bonds. The first kappa shape index (κ1) is 15.3. The van der Waals surface area contributed by atoms with Crippen molar-refractivity contribution < 1.29 is 4.74 Å². The molecule has 2 rings (SSSR count). The van der Waals surface area contributed by atoms with Crippen molar-refractivity contribution in [3.63, 3.8) is 0 Å². The van der Waals surface area contributed by atoms with Crippen LogP contribution in [0.1, 0.15) is 17.4 Å². The second-order valence-electron chi connectivity index (χ2n) is 4.34. The quantitative estimate of drug-likeness (QED) is 0.635. The van der Waals surface area contributed by atoms with Crippen LogP contribution in [0.3, 0.4) is 0 Å². The van der Waals surface area contributed by atoms with Crippen molar-refractivity contribution in [2.75, 3.05) is 13.7 Å². The van der Waals surface area contributed by atoms with E-state index >= 15 is 0 Å². The van der Waals surface area contributed by atoms with Gasteiger partial charge in [-0.1, -0.05) is 12.1 Å². The number of hydrogen-bond acceptors (Lipinski definition) is 4. The number of nitrogens with one attached hydrogen (secondary N) is 2. The van der Waals surface area contributed by atoms with Gasteiger partial charge < -0.3 is 15.4 Å². The number of aromatic nitrogens is 1. The Bertz CT molecular complexity index is 552. The molecular formula is C15H20N4OS. The fraction of sp³-hybridized carbons (Fsp3) is 0.333. The second-order valence-corrected chi connectivity index (χ2v) is 5.37. The smallest absolute Gasteiger partial charge is 0.212 e. The summed E-state index contributed by atoms with van der Waals surface area (Å²) in [5.74, 6) is 1.42. The molecule has 6 heteroatoms. The molecule has 0 aliphatic carbocycles. The highest BCUT2D eigenvalue weighted by atomic mass is 32.1. The summed E-state index contributed by atoms with van der Waals surface area (Å²) in [7, 11) is 1.61. The summed E-state index contributed by atoms with van der Waals surface area (Å²) in [5, 5.41) is 8.63. The molecule has 2 N–H and O–H groups in total. The number of nitrogens with zero attached hydrogens (tertiary/aromatic N) is 2. The monoisotopic (exact) mass is 304 g/mol. The predicted octanol–water partition coefficient (Wildman–Crippen LogP) is 2.41. The second kappa shape index (κ2) is 8.26. The van der Waals surface area contributed by atoms with Gasteiger partial charge in [-0.05, 0) is 23.9 Å². The molecule has 0 radical (unpaired) electrons. The lowest BCUT2D eigenvalue weighted by Gasteiger charge is -2.10. The van der Waals surface area contributed by atoms with E-state index < -0.39 is 0 Å². The van der Waals surface area contributed by atoms with Gasteiger partial charge in [-0.15, -0.1) is 11.3 Å². The van der Waals surface area contributed by atoms with Gasteiger partial charge in [0.25, 0.3) is 0 Å². The van der Waals surface area contributed by atoms with Crippen LogP contribution in [0.25, 0.3) is 0 Å². The topological polar surface area (TPSA) is 58.5 Å². The molecule has 0 saturated carbocycles. The Kier molecular flexibility index (Phi) is 6.02. The van der Waals surface area contributed by atoms with Gasteiger partial charge in [0.05, 0.1) is 20.2 Å². The summed E-state index contributed by atoms with van der Waals surface area (Å²) in [6.07, 6.45) is 1.78. The molecule has 0 aliphatic heterocycles. The minimum Gasteiger partial charge on any atom is -0.481 e. The SMILES string of the molecule is CCNC(=NCc1ccc(OC)nc1)NCc1cccs1. The first-order valence-corrected chi connectivity index (χ1v) is 7.73. The number of guanidine groups is 1. The van der Waals surface area contributed by atoms with Gasteiger partial charge in [0.15, 0.2) is 5.96 Å². The number of methoxy groups -OCH3 is 1. The average molecular weight is 304 g/mol.